The fourth-order valence-electron chi connectivity index (χ4n) is 2.79. The van der Waals surface area contributed by atoms with E-state index in [0.29, 0.717) is 5.56 Å². The van der Waals surface area contributed by atoms with Gasteiger partial charge in [0.25, 0.3) is 5.91 Å². The molecule has 0 aliphatic heterocycles. The summed E-state index contributed by atoms with van der Waals surface area (Å²) >= 11 is 5.09. The number of carbonyl (C=O) groups is 1. The van der Waals surface area contributed by atoms with Crippen LogP contribution in [0.25, 0.3) is 0 Å². The van der Waals surface area contributed by atoms with Crippen molar-refractivity contribution < 1.29 is 4.79 Å². The Kier molecular flexibility index (Phi) is 6.91. The zero-order chi connectivity index (χ0) is 20.1. The molecule has 0 aliphatic carbocycles. The van der Waals surface area contributed by atoms with E-state index >= 15 is 0 Å². The second-order valence-corrected chi connectivity index (χ2v) is 8.73. The van der Waals surface area contributed by atoms with Crippen molar-refractivity contribution in [3.8, 4) is 0 Å². The Morgan fingerprint density at radius 2 is 1.79 bits per heavy atom. The average molecular weight is 459 g/mol. The zero-order valence-corrected chi connectivity index (χ0v) is 18.5. The minimum atomic E-state index is -0.216. The minimum Gasteiger partial charge on any atom is -0.342 e. The van der Waals surface area contributed by atoms with Crippen LogP contribution in [0.15, 0.2) is 64.2 Å². The van der Waals surface area contributed by atoms with Crippen molar-refractivity contribution >= 4 is 33.6 Å². The van der Waals surface area contributed by atoms with Crippen LogP contribution < -0.4 is 5.32 Å². The first kappa shape index (κ1) is 20.6. The number of hydrogen-bond acceptors (Lipinski definition) is 4. The molecule has 0 radical (unpaired) electrons. The van der Waals surface area contributed by atoms with Crippen molar-refractivity contribution in [3.05, 3.63) is 76.0 Å². The van der Waals surface area contributed by atoms with Gasteiger partial charge >= 0.3 is 0 Å². The van der Waals surface area contributed by atoms with Crippen LogP contribution in [0.5, 0.6) is 0 Å². The molecule has 1 heterocycles. The van der Waals surface area contributed by atoms with Gasteiger partial charge in [-0.1, -0.05) is 71.9 Å². The molecule has 7 heteroatoms. The molecule has 3 aromatic rings. The van der Waals surface area contributed by atoms with E-state index in [1.807, 2.05) is 54.1 Å². The molecular formula is C21H23BrN4OS. The van der Waals surface area contributed by atoms with Gasteiger partial charge in [0.15, 0.2) is 11.0 Å². The van der Waals surface area contributed by atoms with Gasteiger partial charge in [0.1, 0.15) is 0 Å². The van der Waals surface area contributed by atoms with Crippen LogP contribution in [0.1, 0.15) is 41.6 Å². The lowest BCUT2D eigenvalue weighted by Crippen LogP contribution is -2.33. The standard InChI is InChI=1S/C21H23BrN4OS/c1-14(2)18(23-20(27)16-7-5-4-6-8-16)19-24-25-21(26(19)3)28-13-15-9-11-17(22)12-10-15/h4-12,14,18H,13H2,1-3H3,(H,23,27)/t18-/m1/s1. The van der Waals surface area contributed by atoms with Crippen LogP contribution in [-0.4, -0.2) is 20.7 Å². The summed E-state index contributed by atoms with van der Waals surface area (Å²) < 4.78 is 3.04. The van der Waals surface area contributed by atoms with E-state index in [4.69, 9.17) is 0 Å². The number of thioether (sulfide) groups is 1. The van der Waals surface area contributed by atoms with E-state index in [-0.39, 0.29) is 17.9 Å². The van der Waals surface area contributed by atoms with Crippen molar-refractivity contribution in [2.24, 2.45) is 13.0 Å². The highest BCUT2D eigenvalue weighted by atomic mass is 79.9. The molecule has 0 saturated carbocycles. The topological polar surface area (TPSA) is 59.8 Å². The molecule has 28 heavy (non-hydrogen) atoms. The lowest BCUT2D eigenvalue weighted by molar-refractivity contribution is 0.0922. The third-order valence-corrected chi connectivity index (χ3v) is 6.04. The molecule has 0 aliphatic rings. The molecule has 0 fully saturated rings. The molecule has 5 nitrogen and oxygen atoms in total. The number of amides is 1. The van der Waals surface area contributed by atoms with Crippen molar-refractivity contribution in [2.75, 3.05) is 0 Å². The maximum absolute atomic E-state index is 12.6. The van der Waals surface area contributed by atoms with Gasteiger partial charge in [-0.2, -0.15) is 0 Å². The van der Waals surface area contributed by atoms with Crippen molar-refractivity contribution in [1.82, 2.24) is 20.1 Å². The first-order valence-electron chi connectivity index (χ1n) is 9.08. The summed E-state index contributed by atoms with van der Waals surface area (Å²) in [6.45, 7) is 4.14. The molecule has 0 unspecified atom stereocenters. The Morgan fingerprint density at radius 3 is 2.43 bits per heavy atom. The van der Waals surface area contributed by atoms with E-state index < -0.39 is 0 Å². The average Bonchev–Trinajstić information content (AvgIpc) is 3.06. The fourth-order valence-corrected chi connectivity index (χ4v) is 3.93. The summed E-state index contributed by atoms with van der Waals surface area (Å²) in [5, 5.41) is 12.7. The third kappa shape index (κ3) is 5.02. The minimum absolute atomic E-state index is 0.105. The largest absolute Gasteiger partial charge is 0.342 e. The molecule has 146 valence electrons. The monoisotopic (exact) mass is 458 g/mol. The number of halogens is 1. The molecule has 0 bridgehead atoms. The van der Waals surface area contributed by atoms with Gasteiger partial charge in [-0.15, -0.1) is 10.2 Å². The Balaban J connectivity index is 1.73. The normalized spacial score (nSPS) is 12.2. The summed E-state index contributed by atoms with van der Waals surface area (Å²) in [7, 11) is 1.95. The number of carbonyl (C=O) groups excluding carboxylic acids is 1. The Morgan fingerprint density at radius 1 is 1.11 bits per heavy atom. The van der Waals surface area contributed by atoms with Gasteiger partial charge in [-0.25, -0.2) is 0 Å². The van der Waals surface area contributed by atoms with Crippen molar-refractivity contribution in [1.29, 1.82) is 0 Å². The number of nitrogens with one attached hydrogen (secondary N) is 1. The number of nitrogens with zero attached hydrogens (tertiary/aromatic N) is 3. The maximum atomic E-state index is 12.6. The second kappa shape index (κ2) is 9.39. The van der Waals surface area contributed by atoms with E-state index in [1.165, 1.54) is 5.56 Å². The Hall–Kier alpha value is -2.12. The number of rotatable bonds is 7. The molecule has 1 amide bonds. The van der Waals surface area contributed by atoms with Crippen LogP contribution in [0, 0.1) is 5.92 Å². The molecule has 3 rings (SSSR count). The van der Waals surface area contributed by atoms with E-state index in [0.717, 1.165) is 21.2 Å². The summed E-state index contributed by atoms with van der Waals surface area (Å²) in [4.78, 5) is 12.6. The molecule has 2 aromatic carbocycles. The number of benzene rings is 2. The summed E-state index contributed by atoms with van der Waals surface area (Å²) in [6, 6.07) is 17.3. The van der Waals surface area contributed by atoms with Crippen molar-refractivity contribution in [3.63, 3.8) is 0 Å². The van der Waals surface area contributed by atoms with Crippen LogP contribution in [0.3, 0.4) is 0 Å². The fraction of sp³-hybridized carbons (Fsp3) is 0.286. The Labute approximate surface area is 178 Å². The lowest BCUT2D eigenvalue weighted by atomic mass is 10.0. The van der Waals surface area contributed by atoms with Gasteiger partial charge in [-0.3, -0.25) is 4.79 Å². The highest BCUT2D eigenvalue weighted by Crippen LogP contribution is 2.26. The highest BCUT2D eigenvalue weighted by Gasteiger charge is 2.25. The predicted octanol–water partition coefficient (Wildman–Crippen LogP) is 5.00. The maximum Gasteiger partial charge on any atom is 0.251 e. The number of aromatic nitrogens is 3. The summed E-state index contributed by atoms with van der Waals surface area (Å²) in [5.41, 5.74) is 1.86. The van der Waals surface area contributed by atoms with E-state index in [1.54, 1.807) is 11.8 Å². The van der Waals surface area contributed by atoms with Gasteiger partial charge in [0.05, 0.1) is 6.04 Å². The van der Waals surface area contributed by atoms with Crippen LogP contribution in [-0.2, 0) is 12.8 Å². The predicted molar refractivity (Wildman–Crippen MR) is 116 cm³/mol. The smallest absolute Gasteiger partial charge is 0.251 e. The Bertz CT molecular complexity index is 925. The van der Waals surface area contributed by atoms with E-state index in [2.05, 4.69) is 57.4 Å². The lowest BCUT2D eigenvalue weighted by Gasteiger charge is -2.21. The third-order valence-electron chi connectivity index (χ3n) is 4.42. The first-order valence-corrected chi connectivity index (χ1v) is 10.9. The van der Waals surface area contributed by atoms with Gasteiger partial charge < -0.3 is 9.88 Å². The molecule has 1 aromatic heterocycles. The van der Waals surface area contributed by atoms with Crippen molar-refractivity contribution in [2.45, 2.75) is 30.8 Å². The second-order valence-electron chi connectivity index (χ2n) is 6.88. The summed E-state index contributed by atoms with van der Waals surface area (Å²) in [6.07, 6.45) is 0. The zero-order valence-electron chi connectivity index (χ0n) is 16.1. The molecule has 1 atom stereocenters. The van der Waals surface area contributed by atoms with Crippen LogP contribution in [0.4, 0.5) is 0 Å². The molecular weight excluding hydrogens is 436 g/mol. The molecule has 0 spiro atoms. The highest BCUT2D eigenvalue weighted by molar-refractivity contribution is 9.10. The number of hydrogen-bond donors (Lipinski definition) is 1. The summed E-state index contributed by atoms with van der Waals surface area (Å²) in [5.74, 6) is 1.64. The van der Waals surface area contributed by atoms with Gasteiger partial charge in [0, 0.05) is 22.8 Å². The van der Waals surface area contributed by atoms with Crippen LogP contribution >= 0.6 is 27.7 Å². The van der Waals surface area contributed by atoms with E-state index in [9.17, 15) is 4.79 Å². The molecule has 1 N–H and O–H groups in total. The van der Waals surface area contributed by atoms with Crippen LogP contribution in [0.2, 0.25) is 0 Å². The quantitative estimate of drug-likeness (QED) is 0.506. The van der Waals surface area contributed by atoms with Gasteiger partial charge in [0.2, 0.25) is 0 Å². The first-order chi connectivity index (χ1) is 13.5. The van der Waals surface area contributed by atoms with Gasteiger partial charge in [-0.05, 0) is 35.7 Å². The SMILES string of the molecule is CC(C)[C@@H](NC(=O)c1ccccc1)c1nnc(SCc2ccc(Br)cc2)n1C. The molecule has 0 saturated heterocycles.